The molecule has 9 heteroatoms. The molecule has 1 aromatic heterocycles. The van der Waals surface area contributed by atoms with Gasteiger partial charge in [0.2, 0.25) is 0 Å². The Kier molecular flexibility index (Phi) is 6.26. The summed E-state index contributed by atoms with van der Waals surface area (Å²) in [6.45, 7) is 5.03. The van der Waals surface area contributed by atoms with Crippen molar-refractivity contribution in [3.05, 3.63) is 36.0 Å². The van der Waals surface area contributed by atoms with Crippen LogP contribution in [0.1, 0.15) is 0 Å². The predicted molar refractivity (Wildman–Crippen MR) is 84.3 cm³/mol. The first-order chi connectivity index (χ1) is 10.7. The highest BCUT2D eigenvalue weighted by Gasteiger charge is 2.10. The molecule has 0 aliphatic carbocycles. The molecular weight excluding hydrogens is 328 g/mol. The molecule has 0 amide bonds. The van der Waals surface area contributed by atoms with Crippen LogP contribution in [0, 0.1) is 11.6 Å². The van der Waals surface area contributed by atoms with Gasteiger partial charge in [-0.3, -0.25) is 4.90 Å². The second kappa shape index (κ2) is 8.19. The Bertz CT molecular complexity index is 633. The van der Waals surface area contributed by atoms with E-state index in [1.165, 1.54) is 10.7 Å². The molecular formula is C14H18ClF2N5O. The van der Waals surface area contributed by atoms with Crippen molar-refractivity contribution in [2.24, 2.45) is 0 Å². The van der Waals surface area contributed by atoms with Crippen molar-refractivity contribution >= 4 is 18.2 Å². The van der Waals surface area contributed by atoms with Crippen molar-refractivity contribution in [3.63, 3.8) is 0 Å². The predicted octanol–water partition coefficient (Wildman–Crippen LogP) is 1.71. The van der Waals surface area contributed by atoms with Crippen LogP contribution in [0.2, 0.25) is 0 Å². The Hall–Kier alpha value is -1.77. The summed E-state index contributed by atoms with van der Waals surface area (Å²) in [4.78, 5) is 2.30. The van der Waals surface area contributed by atoms with Crippen LogP contribution in [0.15, 0.2) is 24.4 Å². The Labute approximate surface area is 138 Å². The fraction of sp³-hybridized carbons (Fsp3) is 0.429. The SMILES string of the molecule is Cl.Fc1ccc(-n2cc(NCCN3CCOCC3)nn2)cc1F. The molecule has 1 fully saturated rings. The van der Waals surface area contributed by atoms with E-state index in [9.17, 15) is 8.78 Å². The summed E-state index contributed by atoms with van der Waals surface area (Å²) >= 11 is 0. The van der Waals surface area contributed by atoms with Gasteiger partial charge in [0.05, 0.1) is 25.1 Å². The summed E-state index contributed by atoms with van der Waals surface area (Å²) < 4.78 is 32.8. The lowest BCUT2D eigenvalue weighted by Crippen LogP contribution is -2.39. The summed E-state index contributed by atoms with van der Waals surface area (Å²) in [6.07, 6.45) is 1.64. The molecule has 1 saturated heterocycles. The van der Waals surface area contributed by atoms with Gasteiger partial charge in [0, 0.05) is 32.2 Å². The first-order valence-electron chi connectivity index (χ1n) is 7.14. The van der Waals surface area contributed by atoms with Crippen LogP contribution in [0.5, 0.6) is 0 Å². The maximum atomic E-state index is 13.2. The Balaban J connectivity index is 0.00000192. The second-order valence-corrected chi connectivity index (χ2v) is 5.03. The number of hydrogen-bond donors (Lipinski definition) is 1. The van der Waals surface area contributed by atoms with E-state index >= 15 is 0 Å². The molecule has 0 atom stereocenters. The molecule has 126 valence electrons. The van der Waals surface area contributed by atoms with E-state index in [0.717, 1.165) is 51.5 Å². The van der Waals surface area contributed by atoms with Gasteiger partial charge in [-0.05, 0) is 12.1 Å². The van der Waals surface area contributed by atoms with E-state index < -0.39 is 11.6 Å². The van der Waals surface area contributed by atoms with Gasteiger partial charge < -0.3 is 10.1 Å². The maximum Gasteiger partial charge on any atom is 0.169 e. The van der Waals surface area contributed by atoms with E-state index in [0.29, 0.717) is 11.5 Å². The standard InChI is InChI=1S/C14H17F2N5O.ClH/c15-12-2-1-11(9-13(12)16)21-10-14(18-19-21)17-3-4-20-5-7-22-8-6-20;/h1-2,9-10,17H,3-8H2;1H. The fourth-order valence-electron chi connectivity index (χ4n) is 2.27. The van der Waals surface area contributed by atoms with Crippen molar-refractivity contribution in [2.75, 3.05) is 44.7 Å². The monoisotopic (exact) mass is 345 g/mol. The maximum absolute atomic E-state index is 13.2. The van der Waals surface area contributed by atoms with E-state index in [4.69, 9.17) is 4.74 Å². The van der Waals surface area contributed by atoms with Crippen molar-refractivity contribution in [2.45, 2.75) is 0 Å². The number of ether oxygens (including phenoxy) is 1. The molecule has 0 bridgehead atoms. The average molecular weight is 346 g/mol. The lowest BCUT2D eigenvalue weighted by Gasteiger charge is -2.26. The second-order valence-electron chi connectivity index (χ2n) is 5.03. The molecule has 1 aromatic carbocycles. The zero-order chi connectivity index (χ0) is 15.4. The van der Waals surface area contributed by atoms with E-state index in [-0.39, 0.29) is 12.4 Å². The van der Waals surface area contributed by atoms with Gasteiger partial charge in [0.25, 0.3) is 0 Å². The third kappa shape index (κ3) is 4.60. The Morgan fingerprint density at radius 1 is 1.17 bits per heavy atom. The van der Waals surface area contributed by atoms with Gasteiger partial charge in [0.1, 0.15) is 0 Å². The molecule has 23 heavy (non-hydrogen) atoms. The molecule has 1 aliphatic rings. The number of halogens is 3. The van der Waals surface area contributed by atoms with Gasteiger partial charge in [0.15, 0.2) is 17.5 Å². The van der Waals surface area contributed by atoms with Crippen molar-refractivity contribution in [1.82, 2.24) is 19.9 Å². The third-order valence-corrected chi connectivity index (χ3v) is 3.50. The topological polar surface area (TPSA) is 55.2 Å². The molecule has 1 N–H and O–H groups in total. The first-order valence-corrected chi connectivity index (χ1v) is 7.14. The van der Waals surface area contributed by atoms with Gasteiger partial charge in [-0.15, -0.1) is 17.5 Å². The minimum atomic E-state index is -0.908. The van der Waals surface area contributed by atoms with E-state index in [1.54, 1.807) is 6.20 Å². The zero-order valence-electron chi connectivity index (χ0n) is 12.4. The number of nitrogens with zero attached hydrogens (tertiary/aromatic N) is 4. The molecule has 0 saturated carbocycles. The smallest absolute Gasteiger partial charge is 0.169 e. The number of hydrogen-bond acceptors (Lipinski definition) is 5. The highest BCUT2D eigenvalue weighted by atomic mass is 35.5. The van der Waals surface area contributed by atoms with Crippen LogP contribution >= 0.6 is 12.4 Å². The number of rotatable bonds is 5. The summed E-state index contributed by atoms with van der Waals surface area (Å²) in [7, 11) is 0. The van der Waals surface area contributed by atoms with Crippen molar-refractivity contribution < 1.29 is 13.5 Å². The van der Waals surface area contributed by atoms with Crippen molar-refractivity contribution in [1.29, 1.82) is 0 Å². The highest BCUT2D eigenvalue weighted by Crippen LogP contribution is 2.13. The number of nitrogens with one attached hydrogen (secondary N) is 1. The highest BCUT2D eigenvalue weighted by molar-refractivity contribution is 5.85. The van der Waals surface area contributed by atoms with Crippen LogP contribution in [-0.2, 0) is 4.74 Å². The molecule has 2 aromatic rings. The van der Waals surface area contributed by atoms with Crippen LogP contribution in [-0.4, -0.2) is 59.3 Å². The van der Waals surface area contributed by atoms with Crippen molar-refractivity contribution in [3.8, 4) is 5.69 Å². The van der Waals surface area contributed by atoms with Crippen LogP contribution in [0.25, 0.3) is 5.69 Å². The lowest BCUT2D eigenvalue weighted by molar-refractivity contribution is 0.0398. The first kappa shape index (κ1) is 17.6. The van der Waals surface area contributed by atoms with Gasteiger partial charge in [-0.25, -0.2) is 13.5 Å². The van der Waals surface area contributed by atoms with Crippen LogP contribution in [0.4, 0.5) is 14.6 Å². The Morgan fingerprint density at radius 2 is 1.96 bits per heavy atom. The van der Waals surface area contributed by atoms with Crippen LogP contribution < -0.4 is 5.32 Å². The number of morpholine rings is 1. The van der Waals surface area contributed by atoms with Crippen LogP contribution in [0.3, 0.4) is 0 Å². The number of anilines is 1. The minimum absolute atomic E-state index is 0. The molecule has 0 radical (unpaired) electrons. The summed E-state index contributed by atoms with van der Waals surface area (Å²) in [5.41, 5.74) is 0.424. The minimum Gasteiger partial charge on any atom is -0.379 e. The van der Waals surface area contributed by atoms with E-state index in [2.05, 4.69) is 20.5 Å². The van der Waals surface area contributed by atoms with E-state index in [1.807, 2.05) is 0 Å². The van der Waals surface area contributed by atoms with Gasteiger partial charge >= 0.3 is 0 Å². The average Bonchev–Trinajstić information content (AvgIpc) is 3.00. The molecule has 0 spiro atoms. The molecule has 0 unspecified atom stereocenters. The Morgan fingerprint density at radius 3 is 2.70 bits per heavy atom. The summed E-state index contributed by atoms with van der Waals surface area (Å²) in [6, 6.07) is 3.60. The molecule has 3 rings (SSSR count). The molecule has 6 nitrogen and oxygen atoms in total. The summed E-state index contributed by atoms with van der Waals surface area (Å²) in [5, 5.41) is 11.0. The largest absolute Gasteiger partial charge is 0.379 e. The fourth-order valence-corrected chi connectivity index (χ4v) is 2.27. The third-order valence-electron chi connectivity index (χ3n) is 3.50. The molecule has 2 heterocycles. The summed E-state index contributed by atoms with van der Waals surface area (Å²) in [5.74, 6) is -1.19. The van der Waals surface area contributed by atoms with Gasteiger partial charge in [-0.2, -0.15) is 0 Å². The number of benzene rings is 1. The zero-order valence-corrected chi connectivity index (χ0v) is 13.2. The number of aromatic nitrogens is 3. The molecule has 1 aliphatic heterocycles. The lowest BCUT2D eigenvalue weighted by atomic mass is 10.3. The quantitative estimate of drug-likeness (QED) is 0.894. The van der Waals surface area contributed by atoms with Gasteiger partial charge in [-0.1, -0.05) is 5.21 Å². The normalized spacial score (nSPS) is 15.2.